The van der Waals surface area contributed by atoms with Gasteiger partial charge in [-0.15, -0.1) is 0 Å². The van der Waals surface area contributed by atoms with Gasteiger partial charge in [-0.3, -0.25) is 0 Å². The van der Waals surface area contributed by atoms with Crippen LogP contribution in [0.2, 0.25) is 0 Å². The smallest absolute Gasteiger partial charge is 0.190 e. The van der Waals surface area contributed by atoms with Gasteiger partial charge in [-0.25, -0.2) is 14.4 Å². The van der Waals surface area contributed by atoms with E-state index in [2.05, 4.69) is 9.97 Å². The largest absolute Gasteiger partial charge is 0.487 e. The third-order valence-electron chi connectivity index (χ3n) is 3.87. The Morgan fingerprint density at radius 2 is 1.96 bits per heavy atom. The quantitative estimate of drug-likeness (QED) is 0.833. The highest BCUT2D eigenvalue weighted by atomic mass is 32.2. The molecular weight excluding hydrogens is 327 g/mol. The molecule has 0 bridgehead atoms. The number of aromatic nitrogens is 2. The van der Waals surface area contributed by atoms with Gasteiger partial charge in [-0.1, -0.05) is 24.6 Å². The molecule has 1 heterocycles. The van der Waals surface area contributed by atoms with Gasteiger partial charge < -0.3 is 10.5 Å². The summed E-state index contributed by atoms with van der Waals surface area (Å²) in [7, 11) is 0. The van der Waals surface area contributed by atoms with E-state index in [9.17, 15) is 9.65 Å². The van der Waals surface area contributed by atoms with E-state index in [4.69, 9.17) is 10.5 Å². The molecule has 5 nitrogen and oxygen atoms in total. The van der Waals surface area contributed by atoms with Gasteiger partial charge in [0.2, 0.25) is 0 Å². The Morgan fingerprint density at radius 1 is 1.25 bits per heavy atom. The Labute approximate surface area is 144 Å². The minimum Gasteiger partial charge on any atom is -0.487 e. The number of benzene rings is 1. The third-order valence-corrected chi connectivity index (χ3v) is 5.06. The highest BCUT2D eigenvalue weighted by Crippen LogP contribution is 2.33. The van der Waals surface area contributed by atoms with Crippen molar-refractivity contribution in [1.82, 2.24) is 9.97 Å². The summed E-state index contributed by atoms with van der Waals surface area (Å²) >= 11 is 1.61. The number of nitrogen functional groups attached to an aromatic ring is 1. The molecule has 1 aromatic carbocycles. The zero-order valence-electron chi connectivity index (χ0n) is 13.0. The molecule has 1 aliphatic rings. The molecule has 0 saturated heterocycles. The summed E-state index contributed by atoms with van der Waals surface area (Å²) in [6, 6.07) is 7.72. The maximum absolute atomic E-state index is 12.9. The average Bonchev–Trinajstić information content (AvgIpc) is 3.07. The van der Waals surface area contributed by atoms with E-state index in [1.807, 2.05) is 6.07 Å². The lowest BCUT2D eigenvalue weighted by molar-refractivity contribution is 0.299. The Hall–Kier alpha value is -2.33. The van der Waals surface area contributed by atoms with Crippen molar-refractivity contribution in [3.8, 4) is 11.8 Å². The molecule has 1 saturated carbocycles. The van der Waals surface area contributed by atoms with Crippen molar-refractivity contribution >= 4 is 17.6 Å². The molecule has 1 aliphatic carbocycles. The van der Waals surface area contributed by atoms with Crippen LogP contribution >= 0.6 is 11.8 Å². The van der Waals surface area contributed by atoms with E-state index >= 15 is 0 Å². The number of anilines is 1. The van der Waals surface area contributed by atoms with Crippen LogP contribution in [0.4, 0.5) is 10.2 Å². The van der Waals surface area contributed by atoms with Gasteiger partial charge in [0, 0.05) is 5.25 Å². The molecule has 124 valence electrons. The van der Waals surface area contributed by atoms with Crippen molar-refractivity contribution < 1.29 is 9.13 Å². The van der Waals surface area contributed by atoms with Gasteiger partial charge in [0.05, 0.1) is 0 Å². The molecular formula is C17H17FN4OS. The molecule has 3 rings (SSSR count). The number of ether oxygens (including phenoxy) is 1. The Balaban J connectivity index is 1.77. The fourth-order valence-electron chi connectivity index (χ4n) is 2.62. The Bertz CT molecular complexity index is 754. The van der Waals surface area contributed by atoms with Crippen LogP contribution in [0.25, 0.3) is 0 Å². The second kappa shape index (κ2) is 7.49. The Morgan fingerprint density at radius 3 is 2.62 bits per heavy atom. The highest BCUT2D eigenvalue weighted by molar-refractivity contribution is 7.99. The van der Waals surface area contributed by atoms with E-state index in [1.54, 1.807) is 11.8 Å². The zero-order valence-corrected chi connectivity index (χ0v) is 13.9. The first-order chi connectivity index (χ1) is 11.7. The predicted octanol–water partition coefficient (Wildman–Crippen LogP) is 3.68. The van der Waals surface area contributed by atoms with Crippen LogP contribution in [0.5, 0.6) is 5.75 Å². The molecule has 0 spiro atoms. The monoisotopic (exact) mass is 344 g/mol. The zero-order chi connectivity index (χ0) is 16.9. The predicted molar refractivity (Wildman–Crippen MR) is 90.0 cm³/mol. The van der Waals surface area contributed by atoms with Crippen molar-refractivity contribution in [3.63, 3.8) is 0 Å². The number of nitriles is 1. The van der Waals surface area contributed by atoms with Crippen molar-refractivity contribution in [2.75, 3.05) is 5.73 Å². The summed E-state index contributed by atoms with van der Waals surface area (Å²) in [5.74, 6) is 0.342. The number of thioether (sulfide) groups is 1. The molecule has 2 aromatic rings. The second-order valence-electron chi connectivity index (χ2n) is 5.59. The first kappa shape index (κ1) is 16.5. The summed E-state index contributed by atoms with van der Waals surface area (Å²) in [4.78, 5) is 8.69. The van der Waals surface area contributed by atoms with Crippen LogP contribution in [0.3, 0.4) is 0 Å². The summed E-state index contributed by atoms with van der Waals surface area (Å²) in [5.41, 5.74) is 6.59. The summed E-state index contributed by atoms with van der Waals surface area (Å²) < 4.78 is 18.5. The SMILES string of the molecule is N#Cc1c(N)nc(SC2CCCC2)nc1COc1ccc(F)cc1. The number of rotatable bonds is 5. The van der Waals surface area contributed by atoms with Crippen molar-refractivity contribution in [1.29, 1.82) is 5.26 Å². The lowest BCUT2D eigenvalue weighted by Crippen LogP contribution is -2.09. The molecule has 7 heteroatoms. The van der Waals surface area contributed by atoms with E-state index in [0.717, 1.165) is 12.8 Å². The second-order valence-corrected chi connectivity index (χ2v) is 6.86. The molecule has 1 aromatic heterocycles. The van der Waals surface area contributed by atoms with Crippen molar-refractivity contribution in [2.45, 2.75) is 42.7 Å². The number of hydrogen-bond donors (Lipinski definition) is 1. The van der Waals surface area contributed by atoms with Crippen LogP contribution in [0, 0.1) is 17.1 Å². The minimum atomic E-state index is -0.332. The van der Waals surface area contributed by atoms with Crippen LogP contribution < -0.4 is 10.5 Å². The maximum atomic E-state index is 12.9. The lowest BCUT2D eigenvalue weighted by Gasteiger charge is -2.12. The molecule has 1 fully saturated rings. The minimum absolute atomic E-state index is 0.0828. The van der Waals surface area contributed by atoms with Gasteiger partial charge >= 0.3 is 0 Å². The molecule has 2 N–H and O–H groups in total. The molecule has 0 amide bonds. The number of nitrogens with zero attached hydrogens (tertiary/aromatic N) is 3. The van der Waals surface area contributed by atoms with Gasteiger partial charge in [-0.05, 0) is 37.1 Å². The number of hydrogen-bond acceptors (Lipinski definition) is 6. The molecule has 0 aliphatic heterocycles. The topological polar surface area (TPSA) is 84.8 Å². The van der Waals surface area contributed by atoms with Gasteiger partial charge in [0.15, 0.2) is 5.16 Å². The van der Waals surface area contributed by atoms with Crippen LogP contribution in [0.15, 0.2) is 29.4 Å². The molecule has 0 radical (unpaired) electrons. The first-order valence-electron chi connectivity index (χ1n) is 7.77. The van der Waals surface area contributed by atoms with Gasteiger partial charge in [0.25, 0.3) is 0 Å². The van der Waals surface area contributed by atoms with Gasteiger partial charge in [0.1, 0.15) is 41.3 Å². The van der Waals surface area contributed by atoms with Crippen molar-refractivity contribution in [3.05, 3.63) is 41.3 Å². The highest BCUT2D eigenvalue weighted by Gasteiger charge is 2.20. The fraction of sp³-hybridized carbons (Fsp3) is 0.353. The number of nitrogens with two attached hydrogens (primary N) is 1. The summed E-state index contributed by atoms with van der Waals surface area (Å²) in [5, 5.41) is 10.4. The van der Waals surface area contributed by atoms with Crippen LogP contribution in [0.1, 0.15) is 36.9 Å². The molecule has 0 unspecified atom stereocenters. The van der Waals surface area contributed by atoms with Crippen LogP contribution in [-0.4, -0.2) is 15.2 Å². The van der Waals surface area contributed by atoms with Gasteiger partial charge in [-0.2, -0.15) is 5.26 Å². The van der Waals surface area contributed by atoms with E-state index in [-0.39, 0.29) is 23.8 Å². The summed E-state index contributed by atoms with van der Waals surface area (Å²) in [6.45, 7) is 0.0828. The normalized spacial score (nSPS) is 14.5. The van der Waals surface area contributed by atoms with Crippen molar-refractivity contribution in [2.24, 2.45) is 0 Å². The standard InChI is InChI=1S/C17H17FN4OS/c18-11-5-7-12(8-6-11)23-10-15-14(9-19)16(20)22-17(21-15)24-13-3-1-2-4-13/h5-8,13H,1-4,10H2,(H2,20,21,22). The number of halogens is 1. The third kappa shape index (κ3) is 3.95. The van der Waals surface area contributed by atoms with E-state index in [0.29, 0.717) is 21.8 Å². The Kier molecular flexibility index (Phi) is 5.16. The van der Waals surface area contributed by atoms with Crippen LogP contribution in [-0.2, 0) is 6.61 Å². The summed E-state index contributed by atoms with van der Waals surface area (Å²) in [6.07, 6.45) is 4.75. The maximum Gasteiger partial charge on any atom is 0.190 e. The fourth-order valence-corrected chi connectivity index (χ4v) is 3.80. The molecule has 0 atom stereocenters. The van der Waals surface area contributed by atoms with E-state index < -0.39 is 0 Å². The molecule has 24 heavy (non-hydrogen) atoms. The van der Waals surface area contributed by atoms with E-state index in [1.165, 1.54) is 37.1 Å². The average molecular weight is 344 g/mol. The first-order valence-corrected chi connectivity index (χ1v) is 8.65. The lowest BCUT2D eigenvalue weighted by atomic mass is 10.2.